The van der Waals surface area contributed by atoms with Crippen molar-refractivity contribution in [2.24, 2.45) is 0 Å². The molecule has 1 fully saturated rings. The highest BCUT2D eigenvalue weighted by Crippen LogP contribution is 2.23. The van der Waals surface area contributed by atoms with Crippen molar-refractivity contribution >= 4 is 6.03 Å². The van der Waals surface area contributed by atoms with Crippen molar-refractivity contribution in [3.63, 3.8) is 0 Å². The van der Waals surface area contributed by atoms with E-state index in [9.17, 15) is 4.79 Å². The van der Waals surface area contributed by atoms with E-state index in [0.717, 1.165) is 48.5 Å². The lowest BCUT2D eigenvalue weighted by Gasteiger charge is -2.25. The van der Waals surface area contributed by atoms with Crippen LogP contribution in [0.3, 0.4) is 0 Å². The van der Waals surface area contributed by atoms with E-state index < -0.39 is 0 Å². The maximum absolute atomic E-state index is 12.5. The second-order valence-electron chi connectivity index (χ2n) is 6.41. The van der Waals surface area contributed by atoms with Crippen LogP contribution in [0.4, 0.5) is 4.79 Å². The fraction of sp³-hybridized carbons (Fsp3) is 0.474. The number of hydrogen-bond donors (Lipinski definition) is 2. The van der Waals surface area contributed by atoms with E-state index >= 15 is 0 Å². The standard InChI is InChI=1S/C19H26N4O2/c1-25-17-9-7-15(8-10-17)18-16(14-21-22-18)13-20-19(24)23-11-5-3-2-4-6-12-23/h7-10,14H,2-6,11-13H2,1H3,(H,20,24)(H,21,22). The number of carbonyl (C=O) groups is 1. The molecule has 1 aromatic heterocycles. The zero-order valence-electron chi connectivity index (χ0n) is 14.8. The SMILES string of the molecule is COc1ccc(-c2[nH]ncc2CNC(=O)N2CCCCCCC2)cc1. The van der Waals surface area contributed by atoms with Crippen molar-refractivity contribution in [3.8, 4) is 17.0 Å². The van der Waals surface area contributed by atoms with E-state index in [1.165, 1.54) is 19.3 Å². The summed E-state index contributed by atoms with van der Waals surface area (Å²) in [6.07, 6.45) is 7.68. The van der Waals surface area contributed by atoms with Crippen LogP contribution in [0.15, 0.2) is 30.5 Å². The number of aromatic nitrogens is 2. The first-order valence-electron chi connectivity index (χ1n) is 8.97. The maximum atomic E-state index is 12.5. The third-order valence-corrected chi connectivity index (χ3v) is 4.67. The Morgan fingerprint density at radius 3 is 2.52 bits per heavy atom. The van der Waals surface area contributed by atoms with Crippen LogP contribution in [0.5, 0.6) is 5.75 Å². The van der Waals surface area contributed by atoms with Crippen molar-refractivity contribution in [2.75, 3.05) is 20.2 Å². The van der Waals surface area contributed by atoms with Gasteiger partial charge in [0.25, 0.3) is 0 Å². The minimum atomic E-state index is 0.0174. The van der Waals surface area contributed by atoms with Crippen molar-refractivity contribution in [2.45, 2.75) is 38.6 Å². The fourth-order valence-corrected chi connectivity index (χ4v) is 3.19. The molecule has 6 heteroatoms. The number of aromatic amines is 1. The van der Waals surface area contributed by atoms with Gasteiger partial charge < -0.3 is 15.0 Å². The number of hydrogen-bond acceptors (Lipinski definition) is 3. The Bertz CT molecular complexity index is 673. The van der Waals surface area contributed by atoms with Gasteiger partial charge in [0.1, 0.15) is 5.75 Å². The van der Waals surface area contributed by atoms with E-state index in [-0.39, 0.29) is 6.03 Å². The monoisotopic (exact) mass is 342 g/mol. The van der Waals surface area contributed by atoms with E-state index in [2.05, 4.69) is 15.5 Å². The predicted molar refractivity (Wildman–Crippen MR) is 97.5 cm³/mol. The summed E-state index contributed by atoms with van der Waals surface area (Å²) in [6, 6.07) is 7.81. The van der Waals surface area contributed by atoms with Gasteiger partial charge >= 0.3 is 6.03 Å². The minimum absolute atomic E-state index is 0.0174. The molecule has 0 spiro atoms. The number of H-pyrrole nitrogens is 1. The summed E-state index contributed by atoms with van der Waals surface area (Å²) in [6.45, 7) is 2.16. The molecule has 3 rings (SSSR count). The van der Waals surface area contributed by atoms with Gasteiger partial charge in [-0.1, -0.05) is 19.3 Å². The average molecular weight is 342 g/mol. The molecule has 134 valence electrons. The van der Waals surface area contributed by atoms with Crippen LogP contribution in [0.2, 0.25) is 0 Å². The van der Waals surface area contributed by atoms with Gasteiger partial charge in [0.15, 0.2) is 0 Å². The molecule has 0 aliphatic carbocycles. The Morgan fingerprint density at radius 2 is 1.84 bits per heavy atom. The number of benzene rings is 1. The Labute approximate surface area is 148 Å². The van der Waals surface area contributed by atoms with Crippen molar-refractivity contribution in [3.05, 3.63) is 36.0 Å². The van der Waals surface area contributed by atoms with Crippen molar-refractivity contribution in [1.29, 1.82) is 0 Å². The number of amides is 2. The summed E-state index contributed by atoms with van der Waals surface area (Å²) in [7, 11) is 1.65. The molecule has 2 amide bonds. The Hall–Kier alpha value is -2.50. The summed E-state index contributed by atoms with van der Waals surface area (Å²) in [5, 5.41) is 10.2. The highest BCUT2D eigenvalue weighted by Gasteiger charge is 2.15. The third-order valence-electron chi connectivity index (χ3n) is 4.67. The molecule has 1 aromatic carbocycles. The van der Waals surface area contributed by atoms with Crippen molar-refractivity contribution in [1.82, 2.24) is 20.4 Å². The molecule has 6 nitrogen and oxygen atoms in total. The molecule has 1 saturated heterocycles. The summed E-state index contributed by atoms with van der Waals surface area (Å²) < 4.78 is 5.19. The van der Waals surface area contributed by atoms with Crippen LogP contribution in [-0.2, 0) is 6.54 Å². The molecule has 0 saturated carbocycles. The van der Waals surface area contributed by atoms with E-state index in [4.69, 9.17) is 4.74 Å². The minimum Gasteiger partial charge on any atom is -0.497 e. The number of urea groups is 1. The Morgan fingerprint density at radius 1 is 1.16 bits per heavy atom. The van der Waals surface area contributed by atoms with Crippen LogP contribution in [0, 0.1) is 0 Å². The maximum Gasteiger partial charge on any atom is 0.317 e. The second kappa shape index (κ2) is 8.55. The second-order valence-corrected chi connectivity index (χ2v) is 6.41. The normalized spacial score (nSPS) is 15.3. The first-order chi connectivity index (χ1) is 12.3. The molecule has 0 atom stereocenters. The van der Waals surface area contributed by atoms with Gasteiger partial charge in [-0.3, -0.25) is 5.10 Å². The van der Waals surface area contributed by atoms with Gasteiger partial charge in [0.2, 0.25) is 0 Å². The highest BCUT2D eigenvalue weighted by atomic mass is 16.5. The van der Waals surface area contributed by atoms with E-state index in [0.29, 0.717) is 6.54 Å². The molecule has 25 heavy (non-hydrogen) atoms. The Balaban J connectivity index is 1.61. The average Bonchev–Trinajstić information content (AvgIpc) is 3.08. The third kappa shape index (κ3) is 4.53. The fourth-order valence-electron chi connectivity index (χ4n) is 3.19. The summed E-state index contributed by atoms with van der Waals surface area (Å²) in [4.78, 5) is 14.4. The molecular weight excluding hydrogens is 316 g/mol. The number of methoxy groups -OCH3 is 1. The van der Waals surface area contributed by atoms with Gasteiger partial charge in [0, 0.05) is 30.8 Å². The summed E-state index contributed by atoms with van der Waals surface area (Å²) in [5.74, 6) is 0.815. The summed E-state index contributed by atoms with van der Waals surface area (Å²) in [5.41, 5.74) is 2.93. The van der Waals surface area contributed by atoms with Crippen molar-refractivity contribution < 1.29 is 9.53 Å². The summed E-state index contributed by atoms with van der Waals surface area (Å²) >= 11 is 0. The molecule has 2 heterocycles. The molecule has 2 aromatic rings. The zero-order chi connectivity index (χ0) is 17.5. The van der Waals surface area contributed by atoms with Gasteiger partial charge in [-0.05, 0) is 37.1 Å². The number of rotatable bonds is 4. The molecule has 0 radical (unpaired) electrons. The zero-order valence-corrected chi connectivity index (χ0v) is 14.8. The van der Waals surface area contributed by atoms with Crippen LogP contribution in [0.1, 0.15) is 37.7 Å². The number of carbonyl (C=O) groups excluding carboxylic acids is 1. The van der Waals surface area contributed by atoms with E-state index in [1.807, 2.05) is 29.2 Å². The van der Waals surface area contributed by atoms with Gasteiger partial charge in [-0.2, -0.15) is 5.10 Å². The van der Waals surface area contributed by atoms with Crippen LogP contribution in [-0.4, -0.2) is 41.3 Å². The topological polar surface area (TPSA) is 70.2 Å². The lowest BCUT2D eigenvalue weighted by molar-refractivity contribution is 0.192. The molecule has 1 aliphatic heterocycles. The molecule has 0 bridgehead atoms. The lowest BCUT2D eigenvalue weighted by Crippen LogP contribution is -2.41. The first kappa shape index (κ1) is 17.3. The van der Waals surface area contributed by atoms with Gasteiger partial charge in [-0.15, -0.1) is 0 Å². The largest absolute Gasteiger partial charge is 0.497 e. The quantitative estimate of drug-likeness (QED) is 0.892. The van der Waals surface area contributed by atoms with Crippen LogP contribution >= 0.6 is 0 Å². The molecular formula is C19H26N4O2. The number of likely N-dealkylation sites (tertiary alicyclic amines) is 1. The molecule has 2 N–H and O–H groups in total. The van der Waals surface area contributed by atoms with Crippen LogP contribution in [0.25, 0.3) is 11.3 Å². The van der Waals surface area contributed by atoms with Gasteiger partial charge in [0.05, 0.1) is 19.0 Å². The molecule has 0 unspecified atom stereocenters. The predicted octanol–water partition coefficient (Wildman–Crippen LogP) is 3.56. The Kier molecular flexibility index (Phi) is 5.93. The number of ether oxygens (including phenoxy) is 1. The first-order valence-corrected chi connectivity index (χ1v) is 8.97. The molecule has 1 aliphatic rings. The lowest BCUT2D eigenvalue weighted by atomic mass is 10.1. The van der Waals surface area contributed by atoms with Gasteiger partial charge in [-0.25, -0.2) is 4.79 Å². The van der Waals surface area contributed by atoms with E-state index in [1.54, 1.807) is 13.3 Å². The van der Waals surface area contributed by atoms with Crippen LogP contribution < -0.4 is 10.1 Å². The number of nitrogens with zero attached hydrogens (tertiary/aromatic N) is 2. The smallest absolute Gasteiger partial charge is 0.317 e. The number of nitrogens with one attached hydrogen (secondary N) is 2. The highest BCUT2D eigenvalue weighted by molar-refractivity contribution is 5.74.